The zero-order chi connectivity index (χ0) is 14.1. The van der Waals surface area contributed by atoms with Gasteiger partial charge in [-0.05, 0) is 30.5 Å². The van der Waals surface area contributed by atoms with Crippen LogP contribution in [0, 0.1) is 0 Å². The minimum atomic E-state index is -0.255. The van der Waals surface area contributed by atoms with Gasteiger partial charge in [0.2, 0.25) is 5.91 Å². The Labute approximate surface area is 117 Å². The van der Waals surface area contributed by atoms with E-state index in [0.29, 0.717) is 18.7 Å². The van der Waals surface area contributed by atoms with Gasteiger partial charge in [0.05, 0.1) is 13.2 Å². The van der Waals surface area contributed by atoms with E-state index in [1.54, 1.807) is 31.0 Å². The third-order valence-electron chi connectivity index (χ3n) is 2.39. The molecule has 6 heteroatoms. The number of hydrogen-bond donors (Lipinski definition) is 2. The second-order valence-corrected chi connectivity index (χ2v) is 4.63. The van der Waals surface area contributed by atoms with Crippen molar-refractivity contribution in [3.63, 3.8) is 0 Å². The molecular formula is C13H18N2O3S. The van der Waals surface area contributed by atoms with Crippen LogP contribution < -0.4 is 10.6 Å². The van der Waals surface area contributed by atoms with Crippen LogP contribution in [-0.2, 0) is 9.53 Å². The van der Waals surface area contributed by atoms with E-state index in [4.69, 9.17) is 4.74 Å². The SMILES string of the molecule is COCCNC(=O)CNC(=O)c1ccc(SC)cc1. The number of carbonyl (C=O) groups excluding carboxylic acids is 2. The maximum atomic E-state index is 11.8. The largest absolute Gasteiger partial charge is 0.383 e. The summed E-state index contributed by atoms with van der Waals surface area (Å²) < 4.78 is 4.80. The Kier molecular flexibility index (Phi) is 6.99. The Morgan fingerprint density at radius 1 is 1.21 bits per heavy atom. The summed E-state index contributed by atoms with van der Waals surface area (Å²) in [4.78, 5) is 24.2. The van der Waals surface area contributed by atoms with Crippen molar-refractivity contribution in [2.24, 2.45) is 0 Å². The monoisotopic (exact) mass is 282 g/mol. The number of nitrogens with one attached hydrogen (secondary N) is 2. The Hall–Kier alpha value is -1.53. The third kappa shape index (κ3) is 5.76. The maximum absolute atomic E-state index is 11.8. The molecule has 1 aromatic carbocycles. The predicted molar refractivity (Wildman–Crippen MR) is 75.4 cm³/mol. The van der Waals surface area contributed by atoms with E-state index in [1.807, 2.05) is 18.4 Å². The molecule has 0 heterocycles. The van der Waals surface area contributed by atoms with Crippen LogP contribution in [0.5, 0.6) is 0 Å². The molecule has 0 unspecified atom stereocenters. The molecule has 1 aromatic rings. The van der Waals surface area contributed by atoms with E-state index in [0.717, 1.165) is 4.90 Å². The smallest absolute Gasteiger partial charge is 0.251 e. The molecule has 104 valence electrons. The number of amides is 2. The number of rotatable bonds is 7. The van der Waals surface area contributed by atoms with E-state index in [9.17, 15) is 9.59 Å². The van der Waals surface area contributed by atoms with E-state index in [1.165, 1.54) is 0 Å². The van der Waals surface area contributed by atoms with Gasteiger partial charge in [-0.2, -0.15) is 0 Å². The van der Waals surface area contributed by atoms with Crippen molar-refractivity contribution in [2.45, 2.75) is 4.90 Å². The third-order valence-corrected chi connectivity index (χ3v) is 3.13. The van der Waals surface area contributed by atoms with Crippen molar-refractivity contribution in [3.8, 4) is 0 Å². The van der Waals surface area contributed by atoms with E-state index < -0.39 is 0 Å². The van der Waals surface area contributed by atoms with Crippen molar-refractivity contribution in [1.29, 1.82) is 0 Å². The lowest BCUT2D eigenvalue weighted by Crippen LogP contribution is -2.38. The molecule has 19 heavy (non-hydrogen) atoms. The van der Waals surface area contributed by atoms with Crippen molar-refractivity contribution in [1.82, 2.24) is 10.6 Å². The first-order valence-corrected chi connectivity index (χ1v) is 7.07. The van der Waals surface area contributed by atoms with Crippen molar-refractivity contribution in [2.75, 3.05) is 33.1 Å². The summed E-state index contributed by atoms with van der Waals surface area (Å²) in [5.74, 6) is -0.485. The van der Waals surface area contributed by atoms with Crippen LogP contribution in [0.4, 0.5) is 0 Å². The van der Waals surface area contributed by atoms with Gasteiger partial charge in [-0.3, -0.25) is 9.59 Å². The van der Waals surface area contributed by atoms with Crippen LogP contribution in [0.15, 0.2) is 29.2 Å². The molecule has 0 saturated heterocycles. The number of carbonyl (C=O) groups is 2. The van der Waals surface area contributed by atoms with Gasteiger partial charge in [0, 0.05) is 24.1 Å². The van der Waals surface area contributed by atoms with E-state index in [2.05, 4.69) is 10.6 Å². The Bertz CT molecular complexity index is 420. The molecular weight excluding hydrogens is 264 g/mol. The second kappa shape index (κ2) is 8.55. The zero-order valence-electron chi connectivity index (χ0n) is 11.1. The second-order valence-electron chi connectivity index (χ2n) is 3.75. The Morgan fingerprint density at radius 3 is 2.47 bits per heavy atom. The molecule has 2 amide bonds. The molecule has 0 atom stereocenters. The quantitative estimate of drug-likeness (QED) is 0.576. The molecule has 0 radical (unpaired) electrons. The molecule has 0 spiro atoms. The molecule has 1 rings (SSSR count). The number of hydrogen-bond acceptors (Lipinski definition) is 4. The average molecular weight is 282 g/mol. The van der Waals surface area contributed by atoms with Crippen molar-refractivity contribution in [3.05, 3.63) is 29.8 Å². The molecule has 0 aliphatic rings. The molecule has 5 nitrogen and oxygen atoms in total. The zero-order valence-corrected chi connectivity index (χ0v) is 11.9. The highest BCUT2D eigenvalue weighted by Crippen LogP contribution is 2.14. The lowest BCUT2D eigenvalue weighted by molar-refractivity contribution is -0.120. The first-order valence-electron chi connectivity index (χ1n) is 5.85. The van der Waals surface area contributed by atoms with Crippen LogP contribution in [-0.4, -0.2) is 44.9 Å². The fourth-order valence-electron chi connectivity index (χ4n) is 1.36. The van der Waals surface area contributed by atoms with Gasteiger partial charge in [0.15, 0.2) is 0 Å². The lowest BCUT2D eigenvalue weighted by Gasteiger charge is -2.07. The molecule has 0 fully saturated rings. The van der Waals surface area contributed by atoms with Gasteiger partial charge < -0.3 is 15.4 Å². The summed E-state index contributed by atoms with van der Waals surface area (Å²) in [6.07, 6.45) is 1.97. The maximum Gasteiger partial charge on any atom is 0.251 e. The van der Waals surface area contributed by atoms with Gasteiger partial charge in [0.25, 0.3) is 5.91 Å². The number of thioether (sulfide) groups is 1. The highest BCUT2D eigenvalue weighted by Gasteiger charge is 2.07. The molecule has 0 saturated carbocycles. The normalized spacial score (nSPS) is 10.0. The molecule has 2 N–H and O–H groups in total. The summed E-state index contributed by atoms with van der Waals surface area (Å²) in [7, 11) is 1.56. The molecule has 0 aromatic heterocycles. The molecule has 0 bridgehead atoms. The van der Waals surface area contributed by atoms with Crippen molar-refractivity contribution >= 4 is 23.6 Å². The first-order chi connectivity index (χ1) is 9.17. The van der Waals surface area contributed by atoms with Crippen LogP contribution in [0.25, 0.3) is 0 Å². The van der Waals surface area contributed by atoms with Crippen LogP contribution in [0.1, 0.15) is 10.4 Å². The van der Waals surface area contributed by atoms with Crippen LogP contribution in [0.2, 0.25) is 0 Å². The molecule has 0 aliphatic carbocycles. The standard InChI is InChI=1S/C13H18N2O3S/c1-18-8-7-14-12(16)9-15-13(17)10-3-5-11(19-2)6-4-10/h3-6H,7-9H2,1-2H3,(H,14,16)(H,15,17). The van der Waals surface area contributed by atoms with E-state index in [-0.39, 0.29) is 18.4 Å². The number of benzene rings is 1. The van der Waals surface area contributed by atoms with Crippen LogP contribution in [0.3, 0.4) is 0 Å². The average Bonchev–Trinajstić information content (AvgIpc) is 2.45. The highest BCUT2D eigenvalue weighted by molar-refractivity contribution is 7.98. The topological polar surface area (TPSA) is 67.4 Å². The summed E-state index contributed by atoms with van der Waals surface area (Å²) in [6.45, 7) is 0.857. The fourth-order valence-corrected chi connectivity index (χ4v) is 1.77. The first kappa shape index (κ1) is 15.5. The minimum Gasteiger partial charge on any atom is -0.383 e. The van der Waals surface area contributed by atoms with Crippen molar-refractivity contribution < 1.29 is 14.3 Å². The Morgan fingerprint density at radius 2 is 1.89 bits per heavy atom. The number of methoxy groups -OCH3 is 1. The number of ether oxygens (including phenoxy) is 1. The predicted octanol–water partition coefficient (Wildman–Crippen LogP) is 0.901. The van der Waals surface area contributed by atoms with Gasteiger partial charge in [0.1, 0.15) is 0 Å². The summed E-state index contributed by atoms with van der Waals surface area (Å²) in [5.41, 5.74) is 0.544. The van der Waals surface area contributed by atoms with Gasteiger partial charge in [-0.15, -0.1) is 11.8 Å². The highest BCUT2D eigenvalue weighted by atomic mass is 32.2. The van der Waals surface area contributed by atoms with Gasteiger partial charge in [-0.25, -0.2) is 0 Å². The van der Waals surface area contributed by atoms with Crippen LogP contribution >= 0.6 is 11.8 Å². The fraction of sp³-hybridized carbons (Fsp3) is 0.385. The summed E-state index contributed by atoms with van der Waals surface area (Å²) in [5, 5.41) is 5.19. The lowest BCUT2D eigenvalue weighted by atomic mass is 10.2. The van der Waals surface area contributed by atoms with Gasteiger partial charge in [-0.1, -0.05) is 0 Å². The minimum absolute atomic E-state index is 0.0349. The van der Waals surface area contributed by atoms with E-state index >= 15 is 0 Å². The Balaban J connectivity index is 2.35. The summed E-state index contributed by atoms with van der Waals surface area (Å²) >= 11 is 1.61. The summed E-state index contributed by atoms with van der Waals surface area (Å²) in [6, 6.07) is 7.23. The van der Waals surface area contributed by atoms with Gasteiger partial charge >= 0.3 is 0 Å². The molecule has 0 aliphatic heterocycles.